The molecule has 1 amide bonds. The third kappa shape index (κ3) is 3.38. The first-order valence-corrected chi connectivity index (χ1v) is 10.5. The van der Waals surface area contributed by atoms with Gasteiger partial charge < -0.3 is 14.7 Å². The lowest BCUT2D eigenvalue weighted by Crippen LogP contribution is -2.68. The quantitative estimate of drug-likeness (QED) is 0.694. The number of para-hydroxylation sites is 1. The molecule has 0 spiro atoms. The Morgan fingerprint density at radius 1 is 1.16 bits per heavy atom. The number of anilines is 1. The highest BCUT2D eigenvalue weighted by molar-refractivity contribution is 6.06. The summed E-state index contributed by atoms with van der Waals surface area (Å²) in [7, 11) is 1.66. The monoisotopic (exact) mass is 415 g/mol. The molecule has 1 N–H and O–H groups in total. The van der Waals surface area contributed by atoms with Gasteiger partial charge in [0, 0.05) is 49.2 Å². The van der Waals surface area contributed by atoms with Crippen LogP contribution in [0.25, 0.3) is 0 Å². The topological polar surface area (TPSA) is 65.9 Å². The Bertz CT molecular complexity index is 1090. The maximum atomic E-state index is 13.3. The molecule has 3 atom stereocenters. The van der Waals surface area contributed by atoms with Gasteiger partial charge in [-0.2, -0.15) is 0 Å². The average Bonchev–Trinajstić information content (AvgIpc) is 2.83. The molecule has 2 aliphatic rings. The van der Waals surface area contributed by atoms with Gasteiger partial charge in [0.25, 0.3) is 5.91 Å². The molecule has 0 bridgehead atoms. The number of benzene rings is 2. The predicted molar refractivity (Wildman–Crippen MR) is 118 cm³/mol. The number of aromatic nitrogens is 1. The van der Waals surface area contributed by atoms with E-state index >= 15 is 0 Å². The maximum Gasteiger partial charge on any atom is 0.259 e. The second-order valence-corrected chi connectivity index (χ2v) is 8.08. The molecule has 0 saturated carbocycles. The van der Waals surface area contributed by atoms with E-state index in [1.165, 1.54) is 0 Å². The molecule has 1 fully saturated rings. The van der Waals surface area contributed by atoms with E-state index in [-0.39, 0.29) is 30.5 Å². The smallest absolute Gasteiger partial charge is 0.259 e. The van der Waals surface area contributed by atoms with Gasteiger partial charge >= 0.3 is 0 Å². The summed E-state index contributed by atoms with van der Waals surface area (Å²) >= 11 is 0. The van der Waals surface area contributed by atoms with Crippen molar-refractivity contribution in [3.63, 3.8) is 0 Å². The van der Waals surface area contributed by atoms with Crippen LogP contribution in [0.5, 0.6) is 5.75 Å². The van der Waals surface area contributed by atoms with Crippen molar-refractivity contribution in [2.75, 3.05) is 25.2 Å². The number of fused-ring (bicyclic) bond motifs is 3. The Morgan fingerprint density at radius 3 is 2.81 bits per heavy atom. The number of hydrogen-bond acceptors (Lipinski definition) is 5. The number of nitrogens with zero attached hydrogens (tertiary/aromatic N) is 3. The molecule has 6 nitrogen and oxygen atoms in total. The number of rotatable bonds is 5. The number of pyridine rings is 1. The van der Waals surface area contributed by atoms with Gasteiger partial charge in [-0.1, -0.05) is 30.3 Å². The van der Waals surface area contributed by atoms with E-state index in [9.17, 15) is 9.90 Å². The minimum Gasteiger partial charge on any atom is -0.497 e. The standard InChI is InChI=1S/C25H25N3O3/c1-31-19-8-4-6-17(12-19)14-27-22-15-28(25(30)18-7-5-11-26-13-18)21-10-3-2-9-20(21)24(22)23(27)16-29/h2-13,22-24,29H,14-16H2,1H3/t22-,23+,24+/m0/s1. The van der Waals surface area contributed by atoms with Gasteiger partial charge in [0.1, 0.15) is 5.75 Å². The number of likely N-dealkylation sites (tertiary alicyclic amines) is 1. The summed E-state index contributed by atoms with van der Waals surface area (Å²) in [5.74, 6) is 0.968. The van der Waals surface area contributed by atoms with Crippen molar-refractivity contribution in [1.29, 1.82) is 0 Å². The van der Waals surface area contributed by atoms with Gasteiger partial charge in [-0.15, -0.1) is 0 Å². The zero-order valence-electron chi connectivity index (χ0n) is 17.4. The Balaban J connectivity index is 1.48. The van der Waals surface area contributed by atoms with E-state index in [4.69, 9.17) is 4.74 Å². The molecule has 3 aromatic rings. The van der Waals surface area contributed by atoms with Gasteiger partial charge in [-0.25, -0.2) is 0 Å². The van der Waals surface area contributed by atoms with E-state index in [0.717, 1.165) is 22.6 Å². The zero-order valence-corrected chi connectivity index (χ0v) is 17.4. The highest BCUT2D eigenvalue weighted by Gasteiger charge is 2.53. The van der Waals surface area contributed by atoms with Crippen molar-refractivity contribution in [3.8, 4) is 5.75 Å². The first kappa shape index (κ1) is 19.7. The number of aliphatic hydroxyl groups is 1. The van der Waals surface area contributed by atoms with E-state index in [1.54, 1.807) is 31.6 Å². The van der Waals surface area contributed by atoms with Crippen LogP contribution in [0.15, 0.2) is 73.1 Å². The van der Waals surface area contributed by atoms with Crippen molar-refractivity contribution in [2.24, 2.45) is 0 Å². The minimum absolute atomic E-state index is 0.0213. The van der Waals surface area contributed by atoms with Crippen LogP contribution in [0.3, 0.4) is 0 Å². The summed E-state index contributed by atoms with van der Waals surface area (Å²) in [5, 5.41) is 10.2. The number of amides is 1. The lowest BCUT2D eigenvalue weighted by atomic mass is 9.71. The fraction of sp³-hybridized carbons (Fsp3) is 0.280. The lowest BCUT2D eigenvalue weighted by molar-refractivity contribution is -0.0488. The molecular weight excluding hydrogens is 390 g/mol. The van der Waals surface area contributed by atoms with Crippen LogP contribution < -0.4 is 9.64 Å². The van der Waals surface area contributed by atoms with Crippen LogP contribution in [-0.4, -0.2) is 53.2 Å². The van der Waals surface area contributed by atoms with Gasteiger partial charge in [0.05, 0.1) is 19.3 Å². The van der Waals surface area contributed by atoms with Crippen LogP contribution in [0, 0.1) is 0 Å². The number of ether oxygens (including phenoxy) is 1. The van der Waals surface area contributed by atoms with Crippen molar-refractivity contribution >= 4 is 11.6 Å². The molecule has 31 heavy (non-hydrogen) atoms. The van der Waals surface area contributed by atoms with Crippen LogP contribution in [0.2, 0.25) is 0 Å². The molecule has 1 saturated heterocycles. The molecule has 0 aliphatic carbocycles. The number of hydrogen-bond donors (Lipinski definition) is 1. The molecule has 5 rings (SSSR count). The Morgan fingerprint density at radius 2 is 2.03 bits per heavy atom. The second-order valence-electron chi connectivity index (χ2n) is 8.08. The minimum atomic E-state index is -0.0484. The summed E-state index contributed by atoms with van der Waals surface area (Å²) in [6.07, 6.45) is 3.28. The molecule has 2 aromatic carbocycles. The van der Waals surface area contributed by atoms with Gasteiger partial charge in [-0.3, -0.25) is 14.7 Å². The molecule has 6 heteroatoms. The number of carbonyl (C=O) groups excluding carboxylic acids is 1. The average molecular weight is 415 g/mol. The highest BCUT2D eigenvalue weighted by Crippen LogP contribution is 2.49. The zero-order chi connectivity index (χ0) is 21.4. The Kier molecular flexibility index (Phi) is 5.18. The van der Waals surface area contributed by atoms with Crippen molar-refractivity contribution in [2.45, 2.75) is 24.5 Å². The van der Waals surface area contributed by atoms with Crippen molar-refractivity contribution < 1.29 is 14.6 Å². The number of aliphatic hydroxyl groups excluding tert-OH is 1. The molecule has 0 radical (unpaired) electrons. The lowest BCUT2D eigenvalue weighted by Gasteiger charge is -2.59. The van der Waals surface area contributed by atoms with Crippen LogP contribution >= 0.6 is 0 Å². The van der Waals surface area contributed by atoms with Gasteiger partial charge in [0.2, 0.25) is 0 Å². The van der Waals surface area contributed by atoms with Crippen LogP contribution in [-0.2, 0) is 6.54 Å². The maximum absolute atomic E-state index is 13.3. The number of carbonyl (C=O) groups is 1. The highest BCUT2D eigenvalue weighted by atomic mass is 16.5. The van der Waals surface area contributed by atoms with Gasteiger partial charge in [-0.05, 0) is 41.5 Å². The normalized spacial score (nSPS) is 22.3. The Labute approximate surface area is 181 Å². The van der Waals surface area contributed by atoms with Gasteiger partial charge in [0.15, 0.2) is 0 Å². The van der Waals surface area contributed by atoms with E-state index in [0.29, 0.717) is 18.7 Å². The Hall–Kier alpha value is -3.22. The molecule has 2 aliphatic heterocycles. The summed E-state index contributed by atoms with van der Waals surface area (Å²) in [6, 6.07) is 19.8. The van der Waals surface area contributed by atoms with E-state index < -0.39 is 0 Å². The number of methoxy groups -OCH3 is 1. The first-order valence-electron chi connectivity index (χ1n) is 10.5. The largest absolute Gasteiger partial charge is 0.497 e. The van der Waals surface area contributed by atoms with E-state index in [2.05, 4.69) is 22.0 Å². The summed E-state index contributed by atoms with van der Waals surface area (Å²) in [4.78, 5) is 21.6. The fourth-order valence-electron chi connectivity index (χ4n) is 5.02. The van der Waals surface area contributed by atoms with Crippen LogP contribution in [0.4, 0.5) is 5.69 Å². The summed E-state index contributed by atoms with van der Waals surface area (Å²) in [6.45, 7) is 1.35. The summed E-state index contributed by atoms with van der Waals surface area (Å²) < 4.78 is 5.37. The van der Waals surface area contributed by atoms with Crippen LogP contribution in [0.1, 0.15) is 27.4 Å². The fourth-order valence-corrected chi connectivity index (χ4v) is 5.02. The third-order valence-corrected chi connectivity index (χ3v) is 6.48. The third-order valence-electron chi connectivity index (χ3n) is 6.48. The predicted octanol–water partition coefficient (Wildman–Crippen LogP) is 3.08. The second kappa shape index (κ2) is 8.13. The first-order chi connectivity index (χ1) is 15.2. The molecule has 0 unspecified atom stereocenters. The molecule has 1 aromatic heterocycles. The SMILES string of the molecule is COc1cccc(CN2[C@H](CO)[C@@H]3c4ccccc4N(C(=O)c4cccnc4)C[C@@H]32)c1. The van der Waals surface area contributed by atoms with E-state index in [1.807, 2.05) is 41.3 Å². The van der Waals surface area contributed by atoms with Crippen molar-refractivity contribution in [1.82, 2.24) is 9.88 Å². The molecule has 3 heterocycles. The molecule has 158 valence electrons. The summed E-state index contributed by atoms with van der Waals surface area (Å²) in [5.41, 5.74) is 3.75. The molecular formula is C25H25N3O3. The van der Waals surface area contributed by atoms with Crippen molar-refractivity contribution in [3.05, 3.63) is 89.7 Å².